The van der Waals surface area contributed by atoms with Crippen LogP contribution in [-0.4, -0.2) is 0 Å². The number of hydrogen-bond donors (Lipinski definition) is 1. The first kappa shape index (κ1) is 29.5. The third kappa shape index (κ3) is 4.22. The zero-order valence-corrected chi connectivity index (χ0v) is 28.1. The van der Waals surface area contributed by atoms with Gasteiger partial charge < -0.3 is 5.32 Å². The van der Waals surface area contributed by atoms with E-state index >= 15 is 0 Å². The maximum Gasteiger partial charge on any atom is 0.0714 e. The number of anilines is 2. The first-order valence-corrected chi connectivity index (χ1v) is 17.8. The minimum atomic E-state index is -0.444. The van der Waals surface area contributed by atoms with Crippen LogP contribution in [0.4, 0.5) is 11.4 Å². The third-order valence-electron chi connectivity index (χ3n) is 11.2. The number of benzene rings is 7. The highest BCUT2D eigenvalue weighted by Gasteiger charge is 2.47. The highest BCUT2D eigenvalue weighted by atomic mass is 14.9. The van der Waals surface area contributed by atoms with Gasteiger partial charge in [0.2, 0.25) is 0 Å². The Balaban J connectivity index is 1.19. The number of hydrogen-bond acceptors (Lipinski definition) is 1. The van der Waals surface area contributed by atoms with E-state index in [9.17, 15) is 0 Å². The fourth-order valence-corrected chi connectivity index (χ4v) is 9.19. The molecule has 10 rings (SSSR count). The van der Waals surface area contributed by atoms with Crippen molar-refractivity contribution in [3.05, 3.63) is 245 Å². The molecule has 1 unspecified atom stereocenters. The molecule has 7 aromatic carbocycles. The smallest absolute Gasteiger partial charge is 0.0714 e. The molecule has 0 aliphatic heterocycles. The molecule has 0 saturated heterocycles. The standard InChI is InChI=1S/C50H35N/c1-2-16-33-49(42-26-13-10-19-35(42)18-5-1)43-27-14-11-24-39(43)40-32-31-38(34-46(40)49)51-47-30-17-29-45-48(47)41-25-12-15-28-44(41)50(45,36-20-6-3-7-21-36)37-22-8-4-9-23-37/h1-34,51H/b2-1-,18-5+,33-16+. The highest BCUT2D eigenvalue weighted by Crippen LogP contribution is 2.59. The summed E-state index contributed by atoms with van der Waals surface area (Å²) in [6, 6.07) is 62.5. The molecule has 1 heteroatoms. The average molecular weight is 650 g/mol. The topological polar surface area (TPSA) is 12.0 Å². The van der Waals surface area contributed by atoms with Gasteiger partial charge in [-0.15, -0.1) is 0 Å². The Morgan fingerprint density at radius 3 is 1.78 bits per heavy atom. The van der Waals surface area contributed by atoms with E-state index in [-0.39, 0.29) is 0 Å². The Morgan fingerprint density at radius 2 is 1.00 bits per heavy atom. The first-order chi connectivity index (χ1) is 25.3. The van der Waals surface area contributed by atoms with Crippen LogP contribution in [0.1, 0.15) is 44.5 Å². The van der Waals surface area contributed by atoms with Gasteiger partial charge >= 0.3 is 0 Å². The second kappa shape index (κ2) is 11.6. The molecule has 0 heterocycles. The van der Waals surface area contributed by atoms with Crippen molar-refractivity contribution in [3.63, 3.8) is 0 Å². The summed E-state index contributed by atoms with van der Waals surface area (Å²) in [6.07, 6.45) is 13.2. The van der Waals surface area contributed by atoms with E-state index in [2.05, 4.69) is 212 Å². The molecule has 0 saturated carbocycles. The number of rotatable bonds is 4. The molecule has 1 N–H and O–H groups in total. The summed E-state index contributed by atoms with van der Waals surface area (Å²) in [4.78, 5) is 0. The van der Waals surface area contributed by atoms with E-state index in [0.717, 1.165) is 11.4 Å². The minimum Gasteiger partial charge on any atom is -0.355 e. The van der Waals surface area contributed by atoms with Crippen molar-refractivity contribution in [2.24, 2.45) is 0 Å². The third-order valence-corrected chi connectivity index (χ3v) is 11.2. The molecule has 0 fully saturated rings. The Bertz CT molecular complexity index is 2510. The zero-order valence-electron chi connectivity index (χ0n) is 28.1. The zero-order chi connectivity index (χ0) is 33.8. The predicted molar refractivity (Wildman–Crippen MR) is 213 cm³/mol. The average Bonchev–Trinajstić information content (AvgIpc) is 3.68. The van der Waals surface area contributed by atoms with Crippen LogP contribution in [0.5, 0.6) is 0 Å². The Kier molecular flexibility index (Phi) is 6.69. The van der Waals surface area contributed by atoms with Gasteiger partial charge in [0.05, 0.1) is 10.8 Å². The normalized spacial score (nSPS) is 18.9. The molecular formula is C50H35N. The lowest BCUT2D eigenvalue weighted by Gasteiger charge is -2.34. The number of fused-ring (bicyclic) bond motifs is 10. The van der Waals surface area contributed by atoms with E-state index in [1.165, 1.54) is 66.8 Å². The molecular weight excluding hydrogens is 615 g/mol. The van der Waals surface area contributed by atoms with Crippen LogP contribution in [0.15, 0.2) is 200 Å². The summed E-state index contributed by atoms with van der Waals surface area (Å²) in [5, 5.41) is 3.98. The summed E-state index contributed by atoms with van der Waals surface area (Å²) in [6.45, 7) is 0. The maximum atomic E-state index is 3.98. The van der Waals surface area contributed by atoms with Crippen LogP contribution in [0.3, 0.4) is 0 Å². The Hall–Kier alpha value is -6.44. The van der Waals surface area contributed by atoms with Crippen LogP contribution in [0.2, 0.25) is 0 Å². The molecule has 1 nitrogen and oxygen atoms in total. The SMILES string of the molecule is C1=C\C=C\C2(c3ccccc3/C=C/1)c1ccccc1-c1ccc(Nc3cccc4c3-c3ccccc3C4(c3ccccc3)c3ccccc3)cc12. The molecule has 0 radical (unpaired) electrons. The molecule has 3 aliphatic carbocycles. The summed E-state index contributed by atoms with van der Waals surface area (Å²) >= 11 is 0. The minimum absolute atomic E-state index is 0.442. The van der Waals surface area contributed by atoms with Gasteiger partial charge in [0.25, 0.3) is 0 Å². The summed E-state index contributed by atoms with van der Waals surface area (Å²) in [7, 11) is 0. The van der Waals surface area contributed by atoms with E-state index in [1.807, 2.05) is 0 Å². The molecule has 0 aromatic heterocycles. The van der Waals surface area contributed by atoms with Gasteiger partial charge in [-0.1, -0.05) is 188 Å². The number of allylic oxidation sites excluding steroid dienone is 5. The van der Waals surface area contributed by atoms with Crippen LogP contribution >= 0.6 is 0 Å². The lowest BCUT2D eigenvalue weighted by molar-refractivity contribution is 0.768. The van der Waals surface area contributed by atoms with Crippen LogP contribution in [-0.2, 0) is 10.8 Å². The first-order valence-electron chi connectivity index (χ1n) is 17.8. The number of nitrogens with one attached hydrogen (secondary N) is 1. The van der Waals surface area contributed by atoms with Crippen molar-refractivity contribution in [2.75, 3.05) is 5.32 Å². The lowest BCUT2D eigenvalue weighted by atomic mass is 9.68. The molecule has 51 heavy (non-hydrogen) atoms. The van der Waals surface area contributed by atoms with Gasteiger partial charge in [0.1, 0.15) is 0 Å². The van der Waals surface area contributed by atoms with Crippen molar-refractivity contribution >= 4 is 17.5 Å². The molecule has 1 spiro atoms. The van der Waals surface area contributed by atoms with E-state index in [1.54, 1.807) is 0 Å². The maximum absolute atomic E-state index is 3.98. The molecule has 1 atom stereocenters. The quantitative estimate of drug-likeness (QED) is 0.200. The second-order valence-corrected chi connectivity index (χ2v) is 13.7. The van der Waals surface area contributed by atoms with Crippen molar-refractivity contribution in [1.82, 2.24) is 0 Å². The van der Waals surface area contributed by atoms with Crippen molar-refractivity contribution in [1.29, 1.82) is 0 Å². The molecule has 3 aliphatic rings. The van der Waals surface area contributed by atoms with Crippen molar-refractivity contribution in [3.8, 4) is 22.3 Å². The van der Waals surface area contributed by atoms with Crippen molar-refractivity contribution < 1.29 is 0 Å². The van der Waals surface area contributed by atoms with E-state index < -0.39 is 10.8 Å². The van der Waals surface area contributed by atoms with Gasteiger partial charge in [0, 0.05) is 16.9 Å². The summed E-state index contributed by atoms with van der Waals surface area (Å²) in [5.41, 5.74) is 16.6. The van der Waals surface area contributed by atoms with Crippen LogP contribution in [0.25, 0.3) is 28.3 Å². The molecule has 0 bridgehead atoms. The van der Waals surface area contributed by atoms with Gasteiger partial charge in [-0.2, -0.15) is 0 Å². The van der Waals surface area contributed by atoms with Gasteiger partial charge in [-0.05, 0) is 79.4 Å². The van der Waals surface area contributed by atoms with E-state index in [4.69, 9.17) is 0 Å². The summed E-state index contributed by atoms with van der Waals surface area (Å²) < 4.78 is 0. The Morgan fingerprint density at radius 1 is 0.392 bits per heavy atom. The van der Waals surface area contributed by atoms with Crippen LogP contribution in [0, 0.1) is 0 Å². The highest BCUT2D eigenvalue weighted by molar-refractivity contribution is 5.95. The molecule has 7 aromatic rings. The van der Waals surface area contributed by atoms with Crippen LogP contribution < -0.4 is 5.32 Å². The monoisotopic (exact) mass is 649 g/mol. The fourth-order valence-electron chi connectivity index (χ4n) is 9.19. The fraction of sp³-hybridized carbons (Fsp3) is 0.0400. The second-order valence-electron chi connectivity index (χ2n) is 13.7. The van der Waals surface area contributed by atoms with E-state index in [0.29, 0.717) is 0 Å². The largest absolute Gasteiger partial charge is 0.355 e. The van der Waals surface area contributed by atoms with Gasteiger partial charge in [0.15, 0.2) is 0 Å². The summed E-state index contributed by atoms with van der Waals surface area (Å²) in [5.74, 6) is 0. The molecule has 0 amide bonds. The van der Waals surface area contributed by atoms with Gasteiger partial charge in [-0.3, -0.25) is 0 Å². The molecule has 240 valence electrons. The predicted octanol–water partition coefficient (Wildman–Crippen LogP) is 12.2. The van der Waals surface area contributed by atoms with Crippen molar-refractivity contribution in [2.45, 2.75) is 10.8 Å². The Labute approximate surface area is 299 Å². The lowest BCUT2D eigenvalue weighted by Crippen LogP contribution is -2.28. The van der Waals surface area contributed by atoms with Gasteiger partial charge in [-0.25, -0.2) is 0 Å².